The van der Waals surface area contributed by atoms with Crippen LogP contribution >= 0.6 is 0 Å². The zero-order valence-electron chi connectivity index (χ0n) is 13.1. The number of pyridine rings is 1. The van der Waals surface area contributed by atoms with E-state index in [1.54, 1.807) is 7.11 Å². The maximum Gasteiger partial charge on any atom is 0.141 e. The molecule has 1 N–H and O–H groups in total. The van der Waals surface area contributed by atoms with Crippen LogP contribution in [-0.2, 0) is 0 Å². The summed E-state index contributed by atoms with van der Waals surface area (Å²) in [4.78, 5) is 4.18. The molecule has 0 radical (unpaired) electrons. The number of hydrogen-bond acceptors (Lipinski definition) is 3. The lowest BCUT2D eigenvalue weighted by atomic mass is 9.75. The van der Waals surface area contributed by atoms with Crippen LogP contribution in [0, 0.1) is 11.8 Å². The fourth-order valence-corrected chi connectivity index (χ4v) is 3.57. The molecule has 0 aromatic carbocycles. The van der Waals surface area contributed by atoms with Crippen molar-refractivity contribution in [3.63, 3.8) is 0 Å². The fourth-order valence-electron chi connectivity index (χ4n) is 3.57. The molecule has 2 rings (SSSR count). The third-order valence-electron chi connectivity index (χ3n) is 4.67. The molecular formula is C17H28N2O. The van der Waals surface area contributed by atoms with Crippen molar-refractivity contribution < 1.29 is 4.74 Å². The number of methoxy groups -OCH3 is 1. The van der Waals surface area contributed by atoms with Crippen LogP contribution in [0.3, 0.4) is 0 Å². The maximum atomic E-state index is 5.51. The summed E-state index contributed by atoms with van der Waals surface area (Å²) < 4.78 is 5.51. The van der Waals surface area contributed by atoms with Gasteiger partial charge in [0, 0.05) is 17.8 Å². The summed E-state index contributed by atoms with van der Waals surface area (Å²) in [5, 5.41) is 3.68. The van der Waals surface area contributed by atoms with E-state index in [1.165, 1.54) is 37.7 Å². The Balaban J connectivity index is 2.21. The van der Waals surface area contributed by atoms with Gasteiger partial charge in [0.1, 0.15) is 5.75 Å². The first-order chi connectivity index (χ1) is 9.80. The minimum Gasteiger partial charge on any atom is -0.495 e. The highest BCUT2D eigenvalue weighted by Gasteiger charge is 2.29. The molecule has 1 saturated carbocycles. The number of rotatable bonds is 6. The average Bonchev–Trinajstić information content (AvgIpc) is 2.52. The van der Waals surface area contributed by atoms with Gasteiger partial charge in [0.15, 0.2) is 0 Å². The van der Waals surface area contributed by atoms with E-state index in [2.05, 4.69) is 30.2 Å². The second-order valence-electron chi connectivity index (χ2n) is 5.85. The first-order valence-electron chi connectivity index (χ1n) is 8.01. The minimum atomic E-state index is 0.396. The number of hydrogen-bond donors (Lipinski definition) is 1. The van der Waals surface area contributed by atoms with Crippen LogP contribution in [0.25, 0.3) is 0 Å². The highest BCUT2D eigenvalue weighted by atomic mass is 16.5. The molecule has 1 aliphatic rings. The van der Waals surface area contributed by atoms with Gasteiger partial charge in [-0.25, -0.2) is 0 Å². The predicted molar refractivity (Wildman–Crippen MR) is 82.9 cm³/mol. The van der Waals surface area contributed by atoms with Crippen molar-refractivity contribution in [3.8, 4) is 5.75 Å². The number of nitrogens with zero attached hydrogens (tertiary/aromatic N) is 1. The molecule has 0 aliphatic heterocycles. The number of aromatic nitrogens is 1. The molecule has 1 aliphatic carbocycles. The molecule has 112 valence electrons. The van der Waals surface area contributed by atoms with Gasteiger partial charge in [-0.1, -0.05) is 33.1 Å². The summed E-state index contributed by atoms with van der Waals surface area (Å²) in [7, 11) is 1.74. The Hall–Kier alpha value is -1.09. The van der Waals surface area contributed by atoms with Gasteiger partial charge in [-0.05, 0) is 37.3 Å². The van der Waals surface area contributed by atoms with E-state index in [9.17, 15) is 0 Å². The molecule has 0 saturated heterocycles. The molecule has 3 atom stereocenters. The van der Waals surface area contributed by atoms with Crippen LogP contribution in [0.15, 0.2) is 18.5 Å². The first kappa shape index (κ1) is 15.3. The Morgan fingerprint density at radius 2 is 2.25 bits per heavy atom. The number of ether oxygens (including phenoxy) is 1. The van der Waals surface area contributed by atoms with Crippen LogP contribution in [0.2, 0.25) is 0 Å². The van der Waals surface area contributed by atoms with Gasteiger partial charge in [0.05, 0.1) is 13.3 Å². The molecule has 1 fully saturated rings. The average molecular weight is 276 g/mol. The summed E-state index contributed by atoms with van der Waals surface area (Å²) in [6.45, 7) is 5.49. The lowest BCUT2D eigenvalue weighted by molar-refractivity contribution is 0.208. The highest BCUT2D eigenvalue weighted by molar-refractivity contribution is 5.33. The van der Waals surface area contributed by atoms with E-state index < -0.39 is 0 Å². The monoisotopic (exact) mass is 276 g/mol. The lowest BCUT2D eigenvalue weighted by Gasteiger charge is -2.35. The van der Waals surface area contributed by atoms with Gasteiger partial charge < -0.3 is 10.1 Å². The van der Waals surface area contributed by atoms with Crippen LogP contribution in [0.1, 0.15) is 57.6 Å². The number of nitrogens with one attached hydrogen (secondary N) is 1. The predicted octanol–water partition coefficient (Wildman–Crippen LogP) is 3.96. The van der Waals surface area contributed by atoms with Gasteiger partial charge in [0.2, 0.25) is 0 Å². The van der Waals surface area contributed by atoms with Crippen molar-refractivity contribution in [1.29, 1.82) is 0 Å². The zero-order valence-corrected chi connectivity index (χ0v) is 13.1. The van der Waals surface area contributed by atoms with Gasteiger partial charge in [0.25, 0.3) is 0 Å². The highest BCUT2D eigenvalue weighted by Crippen LogP contribution is 2.40. The molecule has 3 nitrogen and oxygen atoms in total. The van der Waals surface area contributed by atoms with Crippen molar-refractivity contribution in [2.45, 2.75) is 52.0 Å². The largest absolute Gasteiger partial charge is 0.495 e. The van der Waals surface area contributed by atoms with Gasteiger partial charge in [-0.15, -0.1) is 0 Å². The molecule has 3 unspecified atom stereocenters. The van der Waals surface area contributed by atoms with Crippen molar-refractivity contribution in [2.75, 3.05) is 13.7 Å². The molecule has 3 heteroatoms. The summed E-state index contributed by atoms with van der Waals surface area (Å²) in [5.74, 6) is 2.52. The molecule has 0 bridgehead atoms. The van der Waals surface area contributed by atoms with Gasteiger partial charge in [-0.2, -0.15) is 0 Å². The SMILES string of the molecule is CCNC(c1ccncc1OC)C1CCCC(CC)C1. The quantitative estimate of drug-likeness (QED) is 0.854. The summed E-state index contributed by atoms with van der Waals surface area (Å²) in [6, 6.07) is 2.51. The van der Waals surface area contributed by atoms with Crippen LogP contribution in [0.4, 0.5) is 0 Å². The molecule has 1 heterocycles. The molecule has 0 amide bonds. The fraction of sp³-hybridized carbons (Fsp3) is 0.706. The van der Waals surface area contributed by atoms with Crippen molar-refractivity contribution in [1.82, 2.24) is 10.3 Å². The second kappa shape index (κ2) is 7.63. The summed E-state index contributed by atoms with van der Waals surface area (Å²) in [5.41, 5.74) is 1.27. The second-order valence-corrected chi connectivity index (χ2v) is 5.85. The Morgan fingerprint density at radius 1 is 1.40 bits per heavy atom. The topological polar surface area (TPSA) is 34.2 Å². The zero-order chi connectivity index (χ0) is 14.4. The van der Waals surface area contributed by atoms with Gasteiger partial charge >= 0.3 is 0 Å². The van der Waals surface area contributed by atoms with E-state index in [0.29, 0.717) is 12.0 Å². The Labute approximate surface area is 123 Å². The van der Waals surface area contributed by atoms with Crippen molar-refractivity contribution in [2.24, 2.45) is 11.8 Å². The van der Waals surface area contributed by atoms with Crippen molar-refractivity contribution >= 4 is 0 Å². The standard InChI is InChI=1S/C17H28N2O/c1-4-13-7-6-8-14(11-13)17(19-5-2)15-9-10-18-12-16(15)20-3/h9-10,12-14,17,19H,4-8,11H2,1-3H3. The van der Waals surface area contributed by atoms with Crippen LogP contribution < -0.4 is 10.1 Å². The van der Waals surface area contributed by atoms with Crippen LogP contribution in [-0.4, -0.2) is 18.6 Å². The van der Waals surface area contributed by atoms with E-state index in [0.717, 1.165) is 18.2 Å². The normalized spacial score (nSPS) is 24.4. The third kappa shape index (κ3) is 3.51. The van der Waals surface area contributed by atoms with E-state index >= 15 is 0 Å². The molecule has 1 aromatic rings. The molecular weight excluding hydrogens is 248 g/mol. The van der Waals surface area contributed by atoms with Crippen LogP contribution in [0.5, 0.6) is 5.75 Å². The van der Waals surface area contributed by atoms with Crippen molar-refractivity contribution in [3.05, 3.63) is 24.0 Å². The summed E-state index contributed by atoms with van der Waals surface area (Å²) in [6.07, 6.45) is 10.4. The Morgan fingerprint density at radius 3 is 2.95 bits per heavy atom. The Bertz CT molecular complexity index is 408. The molecule has 20 heavy (non-hydrogen) atoms. The van der Waals surface area contributed by atoms with E-state index in [4.69, 9.17) is 4.74 Å². The van der Waals surface area contributed by atoms with E-state index in [1.807, 2.05) is 12.4 Å². The van der Waals surface area contributed by atoms with Gasteiger partial charge in [-0.3, -0.25) is 4.98 Å². The molecule has 0 spiro atoms. The van der Waals surface area contributed by atoms with E-state index in [-0.39, 0.29) is 0 Å². The molecule has 1 aromatic heterocycles. The smallest absolute Gasteiger partial charge is 0.141 e. The lowest BCUT2D eigenvalue weighted by Crippen LogP contribution is -2.32. The third-order valence-corrected chi connectivity index (χ3v) is 4.67. The maximum absolute atomic E-state index is 5.51. The minimum absolute atomic E-state index is 0.396. The Kier molecular flexibility index (Phi) is 5.84. The first-order valence-corrected chi connectivity index (χ1v) is 8.01. The summed E-state index contributed by atoms with van der Waals surface area (Å²) >= 11 is 0.